The van der Waals surface area contributed by atoms with Gasteiger partial charge in [-0.05, 0) is 65.2 Å². The van der Waals surface area contributed by atoms with Crippen LogP contribution >= 0.6 is 15.9 Å². The van der Waals surface area contributed by atoms with E-state index in [0.29, 0.717) is 12.8 Å². The van der Waals surface area contributed by atoms with Gasteiger partial charge in [0.05, 0.1) is 22.7 Å². The number of nitrogens with one attached hydrogen (secondary N) is 1. The van der Waals surface area contributed by atoms with E-state index in [9.17, 15) is 58.3 Å². The van der Waals surface area contributed by atoms with Crippen LogP contribution in [0.5, 0.6) is 0 Å². The van der Waals surface area contributed by atoms with Crippen LogP contribution in [0.2, 0.25) is 0 Å². The maximum absolute atomic E-state index is 15.7. The number of pyridine rings is 1. The molecule has 0 bridgehead atoms. The molecular weight excluding hydrogens is 719 g/mol. The standard InChI is InChI=1S/C27H15BrF11N3O4/c28-16-9-13(25(33,26(34,35)36)27(37,38)39)8-15(21(31)32)20(16)41-22(43)14-2-1-3-17(19(14)30)42(46-24(45)11-4-5-11)23(44)12-6-7-18(29)40-10-12/h1-3,6-11,21H,4-5H2,(H,41,43). The Morgan fingerprint density at radius 2 is 1.59 bits per heavy atom. The number of anilines is 2. The number of aromatic nitrogens is 1. The number of hydrogen-bond acceptors (Lipinski definition) is 5. The summed E-state index contributed by atoms with van der Waals surface area (Å²) in [5.74, 6) is -7.14. The number of amides is 2. The maximum atomic E-state index is 15.7. The quantitative estimate of drug-likeness (QED) is 0.151. The summed E-state index contributed by atoms with van der Waals surface area (Å²) in [5, 5.41) is 1.85. The van der Waals surface area contributed by atoms with Gasteiger partial charge in [-0.25, -0.2) is 27.3 Å². The van der Waals surface area contributed by atoms with Crippen molar-refractivity contribution < 1.29 is 67.5 Å². The summed E-state index contributed by atoms with van der Waals surface area (Å²) in [6.45, 7) is 0. The van der Waals surface area contributed by atoms with E-state index in [-0.39, 0.29) is 11.1 Å². The van der Waals surface area contributed by atoms with Crippen LogP contribution in [0, 0.1) is 17.7 Å². The number of hydroxylamine groups is 1. The van der Waals surface area contributed by atoms with Crippen LogP contribution in [0.15, 0.2) is 53.1 Å². The molecule has 7 nitrogen and oxygen atoms in total. The Balaban J connectivity index is 1.75. The first kappa shape index (κ1) is 34.6. The minimum absolute atomic E-state index is 0.131. The summed E-state index contributed by atoms with van der Waals surface area (Å²) in [6.07, 6.45) is -15.7. The van der Waals surface area contributed by atoms with Gasteiger partial charge in [0.15, 0.2) is 5.82 Å². The van der Waals surface area contributed by atoms with Gasteiger partial charge in [0.25, 0.3) is 18.2 Å². The monoisotopic (exact) mass is 733 g/mol. The number of carbonyl (C=O) groups excluding carboxylic acids is 3. The van der Waals surface area contributed by atoms with Crippen LogP contribution in [-0.4, -0.2) is 35.1 Å². The van der Waals surface area contributed by atoms with Crippen molar-refractivity contribution in [3.05, 3.63) is 87.2 Å². The van der Waals surface area contributed by atoms with Crippen LogP contribution < -0.4 is 10.4 Å². The lowest BCUT2D eigenvalue weighted by Gasteiger charge is -2.31. The lowest BCUT2D eigenvalue weighted by atomic mass is 9.92. The predicted octanol–water partition coefficient (Wildman–Crippen LogP) is 8.12. The highest BCUT2D eigenvalue weighted by atomic mass is 79.9. The minimum Gasteiger partial charge on any atom is -0.332 e. The molecule has 246 valence electrons. The zero-order valence-electron chi connectivity index (χ0n) is 22.3. The summed E-state index contributed by atoms with van der Waals surface area (Å²) >= 11 is 2.46. The van der Waals surface area contributed by atoms with Crippen LogP contribution in [0.1, 0.15) is 51.1 Å². The lowest BCUT2D eigenvalue weighted by molar-refractivity contribution is -0.348. The van der Waals surface area contributed by atoms with Gasteiger partial charge >= 0.3 is 24.0 Å². The molecule has 3 aromatic rings. The molecule has 1 aliphatic carbocycles. The SMILES string of the molecule is O=C(Nc1c(Br)cc(C(F)(C(F)(F)F)C(F)(F)F)cc1C(F)F)c1cccc(N(OC(=O)C2CC2)C(=O)c2ccc(F)nc2)c1F. The van der Waals surface area contributed by atoms with Gasteiger partial charge in [-0.1, -0.05) is 6.07 Å². The highest BCUT2D eigenvalue weighted by Crippen LogP contribution is 2.54. The molecule has 0 spiro atoms. The van der Waals surface area contributed by atoms with Crippen LogP contribution in [0.25, 0.3) is 0 Å². The Morgan fingerprint density at radius 1 is 0.957 bits per heavy atom. The third-order valence-electron chi connectivity index (χ3n) is 6.47. The van der Waals surface area contributed by atoms with E-state index in [1.807, 2.05) is 0 Å². The molecular formula is C27H15BrF11N3O4. The number of benzene rings is 2. The van der Waals surface area contributed by atoms with E-state index in [1.54, 1.807) is 5.32 Å². The molecule has 1 fully saturated rings. The van der Waals surface area contributed by atoms with Gasteiger partial charge in [-0.2, -0.15) is 30.7 Å². The molecule has 1 aromatic heterocycles. The number of rotatable bonds is 7. The smallest absolute Gasteiger partial charge is 0.332 e. The van der Waals surface area contributed by atoms with Gasteiger partial charge in [0.2, 0.25) is 5.95 Å². The summed E-state index contributed by atoms with van der Waals surface area (Å²) in [5.41, 5.74) is -13.6. The third-order valence-corrected chi connectivity index (χ3v) is 7.09. The summed E-state index contributed by atoms with van der Waals surface area (Å²) in [7, 11) is 0. The molecule has 1 N–H and O–H groups in total. The molecule has 0 radical (unpaired) electrons. The fraction of sp³-hybridized carbons (Fsp3) is 0.259. The molecule has 0 unspecified atom stereocenters. The molecule has 2 aromatic carbocycles. The Morgan fingerprint density at radius 3 is 2.11 bits per heavy atom. The van der Waals surface area contributed by atoms with Crippen LogP contribution in [0.4, 0.5) is 59.7 Å². The molecule has 0 aliphatic heterocycles. The Bertz CT molecular complexity index is 1660. The van der Waals surface area contributed by atoms with Gasteiger partial charge < -0.3 is 10.2 Å². The predicted molar refractivity (Wildman–Crippen MR) is 138 cm³/mol. The number of carbonyl (C=O) groups is 3. The van der Waals surface area contributed by atoms with Crippen LogP contribution in [-0.2, 0) is 15.3 Å². The van der Waals surface area contributed by atoms with E-state index in [0.717, 1.165) is 36.5 Å². The van der Waals surface area contributed by atoms with Crippen molar-refractivity contribution in [1.82, 2.24) is 4.98 Å². The number of halogens is 12. The average molecular weight is 734 g/mol. The lowest BCUT2D eigenvalue weighted by Crippen LogP contribution is -2.50. The van der Waals surface area contributed by atoms with Crippen molar-refractivity contribution in [3.63, 3.8) is 0 Å². The van der Waals surface area contributed by atoms with Gasteiger partial charge in [0.1, 0.15) is 5.69 Å². The molecule has 46 heavy (non-hydrogen) atoms. The summed E-state index contributed by atoms with van der Waals surface area (Å²) in [4.78, 5) is 46.8. The second kappa shape index (κ2) is 12.5. The molecule has 4 rings (SSSR count). The number of hydrogen-bond donors (Lipinski definition) is 1. The van der Waals surface area contributed by atoms with Crippen molar-refractivity contribution in [2.24, 2.45) is 5.92 Å². The van der Waals surface area contributed by atoms with Crippen LogP contribution in [0.3, 0.4) is 0 Å². The Kier molecular flexibility index (Phi) is 9.38. The highest BCUT2D eigenvalue weighted by molar-refractivity contribution is 9.10. The minimum atomic E-state index is -6.64. The molecule has 19 heteroatoms. The average Bonchev–Trinajstić information content (AvgIpc) is 3.81. The van der Waals surface area contributed by atoms with Crippen molar-refractivity contribution in [2.75, 3.05) is 10.4 Å². The largest absolute Gasteiger partial charge is 0.435 e. The Hall–Kier alpha value is -4.29. The van der Waals surface area contributed by atoms with Crippen molar-refractivity contribution in [1.29, 1.82) is 0 Å². The summed E-state index contributed by atoms with van der Waals surface area (Å²) in [6, 6.07) is 3.62. The molecule has 1 aliphatic rings. The zero-order valence-corrected chi connectivity index (χ0v) is 23.8. The molecule has 0 saturated heterocycles. The van der Waals surface area contributed by atoms with Gasteiger partial charge in [-0.15, -0.1) is 5.06 Å². The highest BCUT2D eigenvalue weighted by Gasteiger charge is 2.73. The zero-order chi connectivity index (χ0) is 34.4. The van der Waals surface area contributed by atoms with Gasteiger partial charge in [0, 0.05) is 21.8 Å². The van der Waals surface area contributed by atoms with E-state index < -0.39 is 104 Å². The Labute approximate surface area is 258 Å². The molecule has 0 atom stereocenters. The second-order valence-electron chi connectivity index (χ2n) is 9.62. The maximum Gasteiger partial charge on any atom is 0.435 e. The van der Waals surface area contributed by atoms with Gasteiger partial charge in [-0.3, -0.25) is 9.59 Å². The fourth-order valence-corrected chi connectivity index (χ4v) is 4.53. The molecule has 1 saturated carbocycles. The number of nitrogens with zero attached hydrogens (tertiary/aromatic N) is 2. The van der Waals surface area contributed by atoms with E-state index >= 15 is 4.39 Å². The first-order chi connectivity index (χ1) is 21.3. The second-order valence-corrected chi connectivity index (χ2v) is 10.5. The van der Waals surface area contributed by atoms with Crippen molar-refractivity contribution in [3.8, 4) is 0 Å². The fourth-order valence-electron chi connectivity index (χ4n) is 3.95. The summed E-state index contributed by atoms with van der Waals surface area (Å²) < 4.78 is 150. The first-order valence-corrected chi connectivity index (χ1v) is 13.3. The molecule has 2 amide bonds. The van der Waals surface area contributed by atoms with Crippen molar-refractivity contribution >= 4 is 45.1 Å². The normalized spacial score (nSPS) is 13.8. The van der Waals surface area contributed by atoms with E-state index in [4.69, 9.17) is 4.84 Å². The number of alkyl halides is 9. The molecule has 1 heterocycles. The topological polar surface area (TPSA) is 88.6 Å². The van der Waals surface area contributed by atoms with E-state index in [2.05, 4.69) is 20.9 Å². The first-order valence-electron chi connectivity index (χ1n) is 12.5. The van der Waals surface area contributed by atoms with E-state index in [1.165, 1.54) is 0 Å². The van der Waals surface area contributed by atoms with Crippen molar-refractivity contribution in [2.45, 2.75) is 37.3 Å². The third kappa shape index (κ3) is 6.63.